The molecule has 2 rings (SSSR count). The average molecular weight is 268 g/mol. The molecule has 0 bridgehead atoms. The number of hydrogen-bond donors (Lipinski definition) is 1. The fraction of sp³-hybridized carbons (Fsp3) is 0.333. The maximum atomic E-state index is 5.78. The van der Waals surface area contributed by atoms with E-state index in [2.05, 4.69) is 66.5 Å². The number of likely N-dealkylation sites (N-methyl/N-ethyl adjacent to an activating group) is 1. The highest BCUT2D eigenvalue weighted by Crippen LogP contribution is 2.09. The summed E-state index contributed by atoms with van der Waals surface area (Å²) in [5.41, 5.74) is 9.83. The SMILES string of the molecule is CN(CCc1ccccc1)CCc1ccccc1CN. The van der Waals surface area contributed by atoms with Crippen LogP contribution in [0.1, 0.15) is 16.7 Å². The van der Waals surface area contributed by atoms with Crippen LogP contribution in [0, 0.1) is 0 Å². The van der Waals surface area contributed by atoms with E-state index >= 15 is 0 Å². The molecule has 0 atom stereocenters. The van der Waals surface area contributed by atoms with Gasteiger partial charge in [0.05, 0.1) is 0 Å². The maximum Gasteiger partial charge on any atom is 0.0180 e. The van der Waals surface area contributed by atoms with Gasteiger partial charge in [0.1, 0.15) is 0 Å². The Hall–Kier alpha value is -1.64. The predicted octanol–water partition coefficient (Wildman–Crippen LogP) is 2.86. The molecule has 0 fully saturated rings. The van der Waals surface area contributed by atoms with Crippen molar-refractivity contribution in [2.45, 2.75) is 19.4 Å². The maximum absolute atomic E-state index is 5.78. The quantitative estimate of drug-likeness (QED) is 0.836. The van der Waals surface area contributed by atoms with Gasteiger partial charge in [0.25, 0.3) is 0 Å². The van der Waals surface area contributed by atoms with Crippen LogP contribution in [-0.2, 0) is 19.4 Å². The molecule has 0 radical (unpaired) electrons. The average Bonchev–Trinajstić information content (AvgIpc) is 2.52. The molecule has 2 heteroatoms. The molecule has 2 N–H and O–H groups in total. The minimum absolute atomic E-state index is 0.629. The van der Waals surface area contributed by atoms with Gasteiger partial charge in [-0.2, -0.15) is 0 Å². The minimum Gasteiger partial charge on any atom is -0.326 e. The van der Waals surface area contributed by atoms with Gasteiger partial charge in [-0.1, -0.05) is 54.6 Å². The Kier molecular flexibility index (Phi) is 5.78. The van der Waals surface area contributed by atoms with Crippen LogP contribution < -0.4 is 5.73 Å². The lowest BCUT2D eigenvalue weighted by Gasteiger charge is -2.17. The molecule has 0 amide bonds. The molecular formula is C18H24N2. The van der Waals surface area contributed by atoms with Gasteiger partial charge in [0.15, 0.2) is 0 Å². The predicted molar refractivity (Wildman–Crippen MR) is 85.7 cm³/mol. The smallest absolute Gasteiger partial charge is 0.0180 e. The molecule has 0 heterocycles. The lowest BCUT2D eigenvalue weighted by atomic mass is 10.0. The topological polar surface area (TPSA) is 29.3 Å². The van der Waals surface area contributed by atoms with Crippen LogP contribution in [0.3, 0.4) is 0 Å². The van der Waals surface area contributed by atoms with E-state index in [1.807, 2.05) is 0 Å². The Morgan fingerprint density at radius 2 is 1.40 bits per heavy atom. The van der Waals surface area contributed by atoms with Crippen molar-refractivity contribution in [3.8, 4) is 0 Å². The number of nitrogens with two attached hydrogens (primary N) is 1. The van der Waals surface area contributed by atoms with E-state index in [4.69, 9.17) is 5.73 Å². The molecule has 0 spiro atoms. The van der Waals surface area contributed by atoms with Crippen LogP contribution in [0.5, 0.6) is 0 Å². The highest BCUT2D eigenvalue weighted by molar-refractivity contribution is 5.27. The first-order valence-electron chi connectivity index (χ1n) is 7.29. The third-order valence-corrected chi connectivity index (χ3v) is 3.73. The first kappa shape index (κ1) is 14.8. The van der Waals surface area contributed by atoms with E-state index in [-0.39, 0.29) is 0 Å². The second-order valence-corrected chi connectivity index (χ2v) is 5.26. The first-order chi connectivity index (χ1) is 9.79. The Morgan fingerprint density at radius 1 is 0.800 bits per heavy atom. The van der Waals surface area contributed by atoms with E-state index in [9.17, 15) is 0 Å². The zero-order chi connectivity index (χ0) is 14.2. The summed E-state index contributed by atoms with van der Waals surface area (Å²) in [6.07, 6.45) is 2.18. The van der Waals surface area contributed by atoms with Crippen molar-refractivity contribution >= 4 is 0 Å². The highest BCUT2D eigenvalue weighted by Gasteiger charge is 2.03. The van der Waals surface area contributed by atoms with Crippen molar-refractivity contribution in [2.75, 3.05) is 20.1 Å². The highest BCUT2D eigenvalue weighted by atomic mass is 15.1. The number of rotatable bonds is 7. The normalized spacial score (nSPS) is 10.9. The van der Waals surface area contributed by atoms with Crippen LogP contribution in [0.15, 0.2) is 54.6 Å². The lowest BCUT2D eigenvalue weighted by molar-refractivity contribution is 0.342. The van der Waals surface area contributed by atoms with E-state index < -0.39 is 0 Å². The van der Waals surface area contributed by atoms with Gasteiger partial charge in [0.2, 0.25) is 0 Å². The summed E-state index contributed by atoms with van der Waals surface area (Å²) >= 11 is 0. The van der Waals surface area contributed by atoms with Gasteiger partial charge in [-0.05, 0) is 36.6 Å². The van der Waals surface area contributed by atoms with E-state index in [1.54, 1.807) is 0 Å². The number of benzene rings is 2. The standard InChI is InChI=1S/C18H24N2/c1-20(13-11-16-7-3-2-4-8-16)14-12-17-9-5-6-10-18(17)15-19/h2-10H,11-15,19H2,1H3. The Labute approximate surface area is 122 Å². The largest absolute Gasteiger partial charge is 0.326 e. The first-order valence-corrected chi connectivity index (χ1v) is 7.29. The van der Waals surface area contributed by atoms with Crippen molar-refractivity contribution in [1.29, 1.82) is 0 Å². The Morgan fingerprint density at radius 3 is 2.10 bits per heavy atom. The molecule has 2 aromatic carbocycles. The molecule has 0 aliphatic carbocycles. The van der Waals surface area contributed by atoms with Crippen LogP contribution in [0.4, 0.5) is 0 Å². The molecule has 0 aliphatic heterocycles. The molecule has 0 unspecified atom stereocenters. The van der Waals surface area contributed by atoms with Crippen LogP contribution >= 0.6 is 0 Å². The van der Waals surface area contributed by atoms with Crippen molar-refractivity contribution in [2.24, 2.45) is 5.73 Å². The van der Waals surface area contributed by atoms with Crippen molar-refractivity contribution in [3.05, 3.63) is 71.3 Å². The van der Waals surface area contributed by atoms with Crippen molar-refractivity contribution in [3.63, 3.8) is 0 Å². The van der Waals surface area contributed by atoms with Gasteiger partial charge < -0.3 is 10.6 Å². The molecule has 0 aromatic heterocycles. The third-order valence-electron chi connectivity index (χ3n) is 3.73. The fourth-order valence-electron chi connectivity index (χ4n) is 2.39. The van der Waals surface area contributed by atoms with Crippen LogP contribution in [-0.4, -0.2) is 25.0 Å². The molecule has 106 valence electrons. The summed E-state index contributed by atoms with van der Waals surface area (Å²) in [5.74, 6) is 0. The van der Waals surface area contributed by atoms with Crippen LogP contribution in [0.2, 0.25) is 0 Å². The minimum atomic E-state index is 0.629. The lowest BCUT2D eigenvalue weighted by Crippen LogP contribution is -2.24. The molecule has 0 aliphatic rings. The van der Waals surface area contributed by atoms with E-state index in [0.29, 0.717) is 6.54 Å². The molecular weight excluding hydrogens is 244 g/mol. The van der Waals surface area contributed by atoms with Gasteiger partial charge in [-0.3, -0.25) is 0 Å². The van der Waals surface area contributed by atoms with Crippen molar-refractivity contribution in [1.82, 2.24) is 4.90 Å². The third kappa shape index (κ3) is 4.48. The fourth-order valence-corrected chi connectivity index (χ4v) is 2.39. The van der Waals surface area contributed by atoms with E-state index in [1.165, 1.54) is 16.7 Å². The van der Waals surface area contributed by atoms with Gasteiger partial charge in [-0.25, -0.2) is 0 Å². The number of nitrogens with zero attached hydrogens (tertiary/aromatic N) is 1. The molecule has 2 aromatic rings. The number of hydrogen-bond acceptors (Lipinski definition) is 2. The summed E-state index contributed by atoms with van der Waals surface area (Å²) in [6.45, 7) is 2.79. The monoisotopic (exact) mass is 268 g/mol. The van der Waals surface area contributed by atoms with Gasteiger partial charge >= 0.3 is 0 Å². The van der Waals surface area contributed by atoms with Gasteiger partial charge in [0, 0.05) is 19.6 Å². The summed E-state index contributed by atoms with van der Waals surface area (Å²) in [6, 6.07) is 19.1. The summed E-state index contributed by atoms with van der Waals surface area (Å²) < 4.78 is 0. The zero-order valence-corrected chi connectivity index (χ0v) is 12.3. The van der Waals surface area contributed by atoms with Gasteiger partial charge in [-0.15, -0.1) is 0 Å². The summed E-state index contributed by atoms with van der Waals surface area (Å²) in [5, 5.41) is 0. The second kappa shape index (κ2) is 7.83. The van der Waals surface area contributed by atoms with Crippen LogP contribution in [0.25, 0.3) is 0 Å². The molecule has 0 saturated heterocycles. The zero-order valence-electron chi connectivity index (χ0n) is 12.3. The molecule has 20 heavy (non-hydrogen) atoms. The van der Waals surface area contributed by atoms with Crippen molar-refractivity contribution < 1.29 is 0 Å². The molecule has 2 nitrogen and oxygen atoms in total. The Bertz CT molecular complexity index is 508. The molecule has 0 saturated carbocycles. The summed E-state index contributed by atoms with van der Waals surface area (Å²) in [7, 11) is 2.19. The van der Waals surface area contributed by atoms with E-state index in [0.717, 1.165) is 25.9 Å². The summed E-state index contributed by atoms with van der Waals surface area (Å²) in [4.78, 5) is 2.39. The second-order valence-electron chi connectivity index (χ2n) is 5.26. The Balaban J connectivity index is 1.79.